The number of rotatable bonds is 4. The molecule has 0 aliphatic heterocycles. The topological polar surface area (TPSA) is 52.0 Å². The van der Waals surface area contributed by atoms with E-state index < -0.39 is 40.6 Å². The molecule has 1 aliphatic carbocycles. The van der Waals surface area contributed by atoms with E-state index in [4.69, 9.17) is 11.6 Å². The quantitative estimate of drug-likeness (QED) is 0.494. The predicted molar refractivity (Wildman–Crippen MR) is 100 cm³/mol. The second kappa shape index (κ2) is 6.43. The molecule has 3 aromatic rings. The van der Waals surface area contributed by atoms with Gasteiger partial charge >= 0.3 is 0 Å². The second-order valence-electron chi connectivity index (χ2n) is 7.24. The molecule has 1 fully saturated rings. The number of fused-ring (bicyclic) bond motifs is 1. The minimum Gasteiger partial charge on any atom is -0.207 e. The SMILES string of the molecule is CC(F)(F)c1ccc(S(=O)(=O)n2nc(C3CC(F)(F)C3)c3c(Cl)cccc32)cc1. The Morgan fingerprint density at radius 1 is 1.14 bits per heavy atom. The lowest BCUT2D eigenvalue weighted by Crippen LogP contribution is -2.34. The van der Waals surface area contributed by atoms with E-state index in [2.05, 4.69) is 5.10 Å². The maximum Gasteiger partial charge on any atom is 0.283 e. The molecule has 4 rings (SSSR count). The summed E-state index contributed by atoms with van der Waals surface area (Å²) in [4.78, 5) is -0.250. The zero-order valence-corrected chi connectivity index (χ0v) is 16.6. The van der Waals surface area contributed by atoms with Gasteiger partial charge in [-0.1, -0.05) is 29.8 Å². The van der Waals surface area contributed by atoms with E-state index in [0.717, 1.165) is 28.4 Å². The van der Waals surface area contributed by atoms with Gasteiger partial charge < -0.3 is 0 Å². The summed E-state index contributed by atoms with van der Waals surface area (Å²) in [5.41, 5.74) is 0.00614. The monoisotopic (exact) mass is 446 g/mol. The Hall–Kier alpha value is -2.13. The van der Waals surface area contributed by atoms with E-state index in [1.54, 1.807) is 0 Å². The van der Waals surface area contributed by atoms with Crippen molar-refractivity contribution in [3.63, 3.8) is 0 Å². The number of nitrogens with zero attached hydrogens (tertiary/aromatic N) is 2. The summed E-state index contributed by atoms with van der Waals surface area (Å²) in [5, 5.41) is 4.62. The third-order valence-electron chi connectivity index (χ3n) is 5.02. The van der Waals surface area contributed by atoms with Crippen LogP contribution < -0.4 is 0 Å². The van der Waals surface area contributed by atoms with Crippen molar-refractivity contribution in [2.75, 3.05) is 0 Å². The van der Waals surface area contributed by atoms with Crippen LogP contribution >= 0.6 is 11.6 Å². The molecule has 29 heavy (non-hydrogen) atoms. The number of hydrogen-bond donors (Lipinski definition) is 0. The fourth-order valence-corrected chi connectivity index (χ4v) is 5.02. The van der Waals surface area contributed by atoms with Crippen LogP contribution in [0, 0.1) is 0 Å². The standard InChI is InChI=1S/C19H15ClF4N2O2S/c1-18(21,22)12-5-7-13(8-6-12)29(27,28)26-15-4-2-3-14(20)16(15)17(25-26)11-9-19(23,24)10-11/h2-8,11H,9-10H2,1H3. The highest BCUT2D eigenvalue weighted by Gasteiger charge is 2.48. The zero-order valence-electron chi connectivity index (χ0n) is 15.0. The van der Waals surface area contributed by atoms with Crippen molar-refractivity contribution in [3.05, 3.63) is 58.7 Å². The Bertz CT molecular complexity index is 1190. The fraction of sp³-hybridized carbons (Fsp3) is 0.316. The number of benzene rings is 2. The molecule has 154 valence electrons. The van der Waals surface area contributed by atoms with Gasteiger partial charge in [-0.3, -0.25) is 0 Å². The van der Waals surface area contributed by atoms with E-state index in [1.165, 1.54) is 18.2 Å². The number of halogens is 5. The van der Waals surface area contributed by atoms with Crippen LogP contribution in [0.1, 0.15) is 36.9 Å². The van der Waals surface area contributed by atoms with E-state index in [-0.39, 0.29) is 26.7 Å². The third-order valence-corrected chi connectivity index (χ3v) is 6.93. The first kappa shape index (κ1) is 20.2. The minimum absolute atomic E-state index is 0.146. The van der Waals surface area contributed by atoms with Crippen LogP contribution in [0.5, 0.6) is 0 Å². The third kappa shape index (κ3) is 3.40. The lowest BCUT2D eigenvalue weighted by Gasteiger charge is -2.33. The van der Waals surface area contributed by atoms with E-state index in [9.17, 15) is 26.0 Å². The normalized spacial score (nSPS) is 17.4. The summed E-state index contributed by atoms with van der Waals surface area (Å²) >= 11 is 6.22. The number of hydrogen-bond acceptors (Lipinski definition) is 3. The Morgan fingerprint density at radius 2 is 1.76 bits per heavy atom. The first-order chi connectivity index (χ1) is 13.4. The molecule has 1 aromatic heterocycles. The van der Waals surface area contributed by atoms with Gasteiger partial charge in [0.1, 0.15) is 0 Å². The molecule has 4 nitrogen and oxygen atoms in total. The summed E-state index contributed by atoms with van der Waals surface area (Å²) < 4.78 is 80.5. The molecule has 0 unspecified atom stereocenters. The van der Waals surface area contributed by atoms with Crippen LogP contribution in [0.4, 0.5) is 17.6 Å². The first-order valence-corrected chi connectivity index (χ1v) is 10.5. The fourth-order valence-electron chi connectivity index (χ4n) is 3.47. The molecule has 0 radical (unpaired) electrons. The predicted octanol–water partition coefficient (Wildman–Crippen LogP) is 5.55. The lowest BCUT2D eigenvalue weighted by atomic mass is 9.78. The average Bonchev–Trinajstić information content (AvgIpc) is 3.00. The first-order valence-electron chi connectivity index (χ1n) is 8.69. The molecule has 0 atom stereocenters. The van der Waals surface area contributed by atoms with Gasteiger partial charge in [-0.2, -0.15) is 17.6 Å². The van der Waals surface area contributed by atoms with Crippen molar-refractivity contribution in [3.8, 4) is 0 Å². The number of aromatic nitrogens is 2. The van der Waals surface area contributed by atoms with Gasteiger partial charge in [0, 0.05) is 36.6 Å². The highest BCUT2D eigenvalue weighted by atomic mass is 35.5. The van der Waals surface area contributed by atoms with Gasteiger partial charge in [-0.15, -0.1) is 0 Å². The molecule has 0 N–H and O–H groups in total. The highest BCUT2D eigenvalue weighted by Crippen LogP contribution is 2.50. The maximum absolute atomic E-state index is 13.4. The molecular weight excluding hydrogens is 432 g/mol. The van der Waals surface area contributed by atoms with Crippen LogP contribution in [-0.4, -0.2) is 23.5 Å². The molecule has 0 bridgehead atoms. The van der Waals surface area contributed by atoms with E-state index in [0.29, 0.717) is 12.3 Å². The Labute approximate surface area is 169 Å². The van der Waals surface area contributed by atoms with Crippen LogP contribution in [0.2, 0.25) is 5.02 Å². The molecule has 1 aliphatic rings. The van der Waals surface area contributed by atoms with Crippen molar-refractivity contribution >= 4 is 32.5 Å². The lowest BCUT2D eigenvalue weighted by molar-refractivity contribution is -0.0873. The molecule has 0 amide bonds. The average molecular weight is 447 g/mol. The van der Waals surface area contributed by atoms with Crippen LogP contribution in [0.3, 0.4) is 0 Å². The summed E-state index contributed by atoms with van der Waals surface area (Å²) in [6, 6.07) is 8.71. The molecule has 1 saturated carbocycles. The zero-order chi connectivity index (χ0) is 21.2. The Kier molecular flexibility index (Phi) is 4.47. The van der Waals surface area contributed by atoms with Crippen molar-refractivity contribution in [1.82, 2.24) is 9.19 Å². The summed E-state index contributed by atoms with van der Waals surface area (Å²) in [5.74, 6) is -6.55. The Balaban J connectivity index is 1.84. The summed E-state index contributed by atoms with van der Waals surface area (Å²) in [6.45, 7) is 0.709. The van der Waals surface area contributed by atoms with Crippen LogP contribution in [0.25, 0.3) is 10.9 Å². The molecule has 10 heteroatoms. The molecule has 2 aromatic carbocycles. The van der Waals surface area contributed by atoms with Gasteiger partial charge in [-0.25, -0.2) is 17.6 Å². The summed E-state index contributed by atoms with van der Waals surface area (Å²) in [7, 11) is -4.26. The molecule has 1 heterocycles. The van der Waals surface area contributed by atoms with Crippen molar-refractivity contribution < 1.29 is 26.0 Å². The van der Waals surface area contributed by atoms with Crippen LogP contribution in [-0.2, 0) is 15.9 Å². The van der Waals surface area contributed by atoms with Gasteiger partial charge in [0.25, 0.3) is 15.9 Å². The minimum atomic E-state index is -4.26. The summed E-state index contributed by atoms with van der Waals surface area (Å²) in [6.07, 6.45) is -0.880. The Morgan fingerprint density at radius 3 is 2.31 bits per heavy atom. The van der Waals surface area contributed by atoms with Gasteiger partial charge in [0.05, 0.1) is 21.1 Å². The van der Waals surface area contributed by atoms with Crippen molar-refractivity contribution in [2.45, 2.75) is 42.4 Å². The molecule has 0 spiro atoms. The van der Waals surface area contributed by atoms with E-state index >= 15 is 0 Å². The highest BCUT2D eigenvalue weighted by molar-refractivity contribution is 7.90. The second-order valence-corrected chi connectivity index (χ2v) is 9.42. The van der Waals surface area contributed by atoms with Crippen molar-refractivity contribution in [1.29, 1.82) is 0 Å². The molecular formula is C19H15ClF4N2O2S. The van der Waals surface area contributed by atoms with Gasteiger partial charge in [-0.05, 0) is 24.3 Å². The smallest absolute Gasteiger partial charge is 0.207 e. The van der Waals surface area contributed by atoms with Gasteiger partial charge in [0.2, 0.25) is 5.92 Å². The van der Waals surface area contributed by atoms with E-state index in [1.807, 2.05) is 0 Å². The maximum atomic E-state index is 13.4. The largest absolute Gasteiger partial charge is 0.283 e. The van der Waals surface area contributed by atoms with Crippen molar-refractivity contribution in [2.24, 2.45) is 0 Å². The van der Waals surface area contributed by atoms with Crippen LogP contribution in [0.15, 0.2) is 47.4 Å². The number of alkyl halides is 4. The van der Waals surface area contributed by atoms with Gasteiger partial charge in [0.15, 0.2) is 0 Å². The molecule has 0 saturated heterocycles.